The quantitative estimate of drug-likeness (QED) is 0.823. The van der Waals surface area contributed by atoms with Gasteiger partial charge in [-0.3, -0.25) is 0 Å². The predicted octanol–water partition coefficient (Wildman–Crippen LogP) is 1.13. The first-order valence-electron chi connectivity index (χ1n) is 5.45. The Kier molecular flexibility index (Phi) is 3.18. The topological polar surface area (TPSA) is 90.7 Å². The molecule has 0 amide bonds. The van der Waals surface area contributed by atoms with E-state index in [4.69, 9.17) is 11.5 Å². The van der Waals surface area contributed by atoms with Gasteiger partial charge in [-0.05, 0) is 18.9 Å². The van der Waals surface area contributed by atoms with Crippen LogP contribution in [0.3, 0.4) is 0 Å². The van der Waals surface area contributed by atoms with E-state index >= 15 is 0 Å². The summed E-state index contributed by atoms with van der Waals surface area (Å²) in [7, 11) is 0. The van der Waals surface area contributed by atoms with E-state index in [2.05, 4.69) is 46.1 Å². The zero-order valence-corrected chi connectivity index (χ0v) is 9.72. The minimum absolute atomic E-state index is 0.177. The highest BCUT2D eigenvalue weighted by Gasteiger charge is 2.02. The number of nitrogen functional groups attached to an aromatic ring is 2. The maximum Gasteiger partial charge on any atom is 0.225 e. The monoisotopic (exact) mass is 229 g/mol. The Labute approximate surface area is 99.9 Å². The van der Waals surface area contributed by atoms with Crippen LogP contribution in [0.5, 0.6) is 0 Å². The Morgan fingerprint density at radius 2 is 1.47 bits per heavy atom. The fourth-order valence-electron chi connectivity index (χ4n) is 1.58. The van der Waals surface area contributed by atoms with E-state index in [0.717, 1.165) is 6.42 Å². The van der Waals surface area contributed by atoms with Gasteiger partial charge in [0.25, 0.3) is 0 Å². The van der Waals surface area contributed by atoms with Crippen molar-refractivity contribution in [3.05, 3.63) is 41.2 Å². The van der Waals surface area contributed by atoms with Gasteiger partial charge in [-0.1, -0.05) is 29.8 Å². The van der Waals surface area contributed by atoms with Crippen LogP contribution in [0, 0.1) is 6.92 Å². The lowest BCUT2D eigenvalue weighted by Crippen LogP contribution is -2.07. The van der Waals surface area contributed by atoms with Crippen molar-refractivity contribution >= 4 is 11.9 Å². The molecule has 0 saturated carbocycles. The number of rotatable bonds is 3. The first-order valence-corrected chi connectivity index (χ1v) is 5.45. The van der Waals surface area contributed by atoms with E-state index in [1.54, 1.807) is 0 Å². The molecule has 0 fully saturated rings. The van der Waals surface area contributed by atoms with Gasteiger partial charge in [-0.25, -0.2) is 0 Å². The van der Waals surface area contributed by atoms with Crippen LogP contribution in [0.25, 0.3) is 0 Å². The largest absolute Gasteiger partial charge is 0.368 e. The second-order valence-electron chi connectivity index (χ2n) is 3.95. The zero-order valence-electron chi connectivity index (χ0n) is 9.72. The third-order valence-electron chi connectivity index (χ3n) is 2.47. The van der Waals surface area contributed by atoms with Gasteiger partial charge in [0.2, 0.25) is 11.9 Å². The molecule has 0 aliphatic rings. The molecule has 0 aliphatic heterocycles. The summed E-state index contributed by atoms with van der Waals surface area (Å²) in [5, 5.41) is 0. The van der Waals surface area contributed by atoms with Gasteiger partial charge in [0.1, 0.15) is 5.82 Å². The van der Waals surface area contributed by atoms with E-state index in [1.807, 2.05) is 0 Å². The molecule has 88 valence electrons. The summed E-state index contributed by atoms with van der Waals surface area (Å²) in [6.45, 7) is 2.07. The standard InChI is InChI=1S/C12H15N5/c1-8-2-4-9(5-3-8)6-7-10-15-11(13)17-12(14)16-10/h2-5H,6-7H2,1H3,(H4,13,14,15,16,17). The van der Waals surface area contributed by atoms with E-state index in [0.29, 0.717) is 12.2 Å². The lowest BCUT2D eigenvalue weighted by Gasteiger charge is -2.03. The van der Waals surface area contributed by atoms with E-state index in [1.165, 1.54) is 11.1 Å². The van der Waals surface area contributed by atoms with Crippen molar-refractivity contribution < 1.29 is 0 Å². The first-order chi connectivity index (χ1) is 8.13. The van der Waals surface area contributed by atoms with E-state index < -0.39 is 0 Å². The van der Waals surface area contributed by atoms with Crippen molar-refractivity contribution in [1.29, 1.82) is 0 Å². The summed E-state index contributed by atoms with van der Waals surface area (Å²) < 4.78 is 0. The number of nitrogens with two attached hydrogens (primary N) is 2. The van der Waals surface area contributed by atoms with Gasteiger partial charge in [0.05, 0.1) is 0 Å². The zero-order chi connectivity index (χ0) is 12.3. The summed E-state index contributed by atoms with van der Waals surface area (Å²) >= 11 is 0. The highest BCUT2D eigenvalue weighted by atomic mass is 15.1. The highest BCUT2D eigenvalue weighted by molar-refractivity contribution is 5.26. The SMILES string of the molecule is Cc1ccc(CCc2nc(N)nc(N)n2)cc1. The van der Waals surface area contributed by atoms with Crippen LogP contribution in [0.15, 0.2) is 24.3 Å². The van der Waals surface area contributed by atoms with Crippen LogP contribution in [0.4, 0.5) is 11.9 Å². The molecule has 5 heteroatoms. The van der Waals surface area contributed by atoms with Crippen LogP contribution in [-0.4, -0.2) is 15.0 Å². The van der Waals surface area contributed by atoms with Gasteiger partial charge in [-0.2, -0.15) is 15.0 Å². The van der Waals surface area contributed by atoms with E-state index in [9.17, 15) is 0 Å². The fourth-order valence-corrected chi connectivity index (χ4v) is 1.58. The molecule has 0 unspecified atom stereocenters. The van der Waals surface area contributed by atoms with Crippen LogP contribution in [0.1, 0.15) is 17.0 Å². The molecular weight excluding hydrogens is 214 g/mol. The maximum atomic E-state index is 5.51. The second-order valence-corrected chi connectivity index (χ2v) is 3.95. The maximum absolute atomic E-state index is 5.51. The van der Waals surface area contributed by atoms with Crippen LogP contribution >= 0.6 is 0 Å². The van der Waals surface area contributed by atoms with Crippen molar-refractivity contribution in [2.24, 2.45) is 0 Å². The van der Waals surface area contributed by atoms with Crippen LogP contribution in [0.2, 0.25) is 0 Å². The molecule has 0 aliphatic carbocycles. The van der Waals surface area contributed by atoms with Gasteiger partial charge in [0.15, 0.2) is 0 Å². The Hall–Kier alpha value is -2.17. The van der Waals surface area contributed by atoms with Crippen LogP contribution in [-0.2, 0) is 12.8 Å². The molecule has 1 aromatic heterocycles. The Bertz CT molecular complexity index is 487. The Balaban J connectivity index is 2.04. The molecular formula is C12H15N5. The Morgan fingerprint density at radius 3 is 2.06 bits per heavy atom. The number of aromatic nitrogens is 3. The fraction of sp³-hybridized carbons (Fsp3) is 0.250. The number of benzene rings is 1. The molecule has 4 N–H and O–H groups in total. The summed E-state index contributed by atoms with van der Waals surface area (Å²) in [4.78, 5) is 11.8. The molecule has 0 spiro atoms. The van der Waals surface area contributed by atoms with Gasteiger partial charge < -0.3 is 11.5 Å². The van der Waals surface area contributed by atoms with Crippen molar-refractivity contribution in [3.63, 3.8) is 0 Å². The molecule has 1 heterocycles. The number of hydrogen-bond donors (Lipinski definition) is 2. The predicted molar refractivity (Wildman–Crippen MR) is 67.2 cm³/mol. The minimum Gasteiger partial charge on any atom is -0.368 e. The normalized spacial score (nSPS) is 10.4. The van der Waals surface area contributed by atoms with Crippen molar-refractivity contribution in [2.75, 3.05) is 11.5 Å². The molecule has 17 heavy (non-hydrogen) atoms. The molecule has 2 aromatic rings. The summed E-state index contributed by atoms with van der Waals surface area (Å²) in [5.41, 5.74) is 13.5. The summed E-state index contributed by atoms with van der Waals surface area (Å²) in [6, 6.07) is 8.38. The van der Waals surface area contributed by atoms with Crippen molar-refractivity contribution in [2.45, 2.75) is 19.8 Å². The molecule has 2 rings (SSSR count). The molecule has 0 bridgehead atoms. The Morgan fingerprint density at radius 1 is 0.882 bits per heavy atom. The first kappa shape index (κ1) is 11.3. The minimum atomic E-state index is 0.177. The number of hydrogen-bond acceptors (Lipinski definition) is 5. The van der Waals surface area contributed by atoms with E-state index in [-0.39, 0.29) is 11.9 Å². The lowest BCUT2D eigenvalue weighted by atomic mass is 10.1. The summed E-state index contributed by atoms with van der Waals surface area (Å²) in [5.74, 6) is 0.989. The van der Waals surface area contributed by atoms with Gasteiger partial charge in [-0.15, -0.1) is 0 Å². The number of nitrogens with zero attached hydrogens (tertiary/aromatic N) is 3. The number of anilines is 2. The lowest BCUT2D eigenvalue weighted by molar-refractivity contribution is 0.847. The molecule has 5 nitrogen and oxygen atoms in total. The average Bonchev–Trinajstić information content (AvgIpc) is 2.27. The third kappa shape index (κ3) is 3.14. The van der Waals surface area contributed by atoms with Crippen LogP contribution < -0.4 is 11.5 Å². The second kappa shape index (κ2) is 4.78. The highest BCUT2D eigenvalue weighted by Crippen LogP contribution is 2.07. The molecule has 0 radical (unpaired) electrons. The molecule has 0 atom stereocenters. The smallest absolute Gasteiger partial charge is 0.225 e. The molecule has 0 saturated heterocycles. The average molecular weight is 229 g/mol. The summed E-state index contributed by atoms with van der Waals surface area (Å²) in [6.07, 6.45) is 1.57. The van der Waals surface area contributed by atoms with Gasteiger partial charge in [0, 0.05) is 6.42 Å². The number of aryl methyl sites for hydroxylation is 3. The van der Waals surface area contributed by atoms with Crippen molar-refractivity contribution in [1.82, 2.24) is 15.0 Å². The van der Waals surface area contributed by atoms with Crippen molar-refractivity contribution in [3.8, 4) is 0 Å². The third-order valence-corrected chi connectivity index (χ3v) is 2.47. The molecule has 1 aromatic carbocycles. The van der Waals surface area contributed by atoms with Gasteiger partial charge >= 0.3 is 0 Å².